The minimum atomic E-state index is -0.651. The minimum Gasteiger partial charge on any atom is -0.388 e. The van der Waals surface area contributed by atoms with Crippen LogP contribution >= 0.6 is 0 Å². The number of hydrogen-bond acceptors (Lipinski definition) is 8. The van der Waals surface area contributed by atoms with Crippen molar-refractivity contribution in [2.45, 2.75) is 71.3 Å². The van der Waals surface area contributed by atoms with Crippen molar-refractivity contribution in [1.29, 1.82) is 0 Å². The maximum atomic E-state index is 9.83. The summed E-state index contributed by atoms with van der Waals surface area (Å²) >= 11 is 0. The molecular formula is C25H52O8. The molecular weight excluding hydrogens is 428 g/mol. The number of aliphatic hydroxyl groups is 1. The fourth-order valence-corrected chi connectivity index (χ4v) is 2.85. The van der Waals surface area contributed by atoms with Gasteiger partial charge in [0.1, 0.15) is 6.10 Å². The van der Waals surface area contributed by atoms with Gasteiger partial charge in [-0.05, 0) is 12.8 Å². The largest absolute Gasteiger partial charge is 0.388 e. The van der Waals surface area contributed by atoms with Crippen LogP contribution in [0.25, 0.3) is 0 Å². The lowest BCUT2D eigenvalue weighted by Crippen LogP contribution is -2.24. The summed E-state index contributed by atoms with van der Waals surface area (Å²) in [6.07, 6.45) is 9.10. The molecule has 0 spiro atoms. The molecule has 0 aromatic rings. The zero-order valence-electron chi connectivity index (χ0n) is 21.4. The highest BCUT2D eigenvalue weighted by Crippen LogP contribution is 1.99. The molecule has 8 nitrogen and oxygen atoms in total. The molecule has 0 saturated carbocycles. The summed E-state index contributed by atoms with van der Waals surface area (Å²) in [6, 6.07) is 0. The van der Waals surface area contributed by atoms with Gasteiger partial charge in [-0.1, -0.05) is 52.4 Å². The summed E-state index contributed by atoms with van der Waals surface area (Å²) in [4.78, 5) is 0. The Kier molecular flexibility index (Phi) is 29.4. The number of aliphatic hydroxyl groups excluding tert-OH is 1. The minimum absolute atomic E-state index is 0.224. The molecule has 0 radical (unpaired) electrons. The first-order valence-electron chi connectivity index (χ1n) is 13.0. The van der Waals surface area contributed by atoms with Crippen molar-refractivity contribution in [2.75, 3.05) is 92.5 Å². The fraction of sp³-hybridized carbons (Fsp3) is 1.00. The summed E-state index contributed by atoms with van der Waals surface area (Å²) in [5.74, 6) is 0. The Bertz CT molecular complexity index is 346. The van der Waals surface area contributed by atoms with Crippen molar-refractivity contribution < 1.29 is 38.3 Å². The number of rotatable bonds is 29. The second-order valence-electron chi connectivity index (χ2n) is 7.99. The predicted octanol–water partition coefficient (Wildman–Crippen LogP) is 3.62. The van der Waals surface area contributed by atoms with Crippen LogP contribution in [0.15, 0.2) is 0 Å². The molecule has 200 valence electrons. The molecule has 0 amide bonds. The van der Waals surface area contributed by atoms with Crippen LogP contribution in [-0.4, -0.2) is 104 Å². The van der Waals surface area contributed by atoms with E-state index in [1.165, 1.54) is 38.5 Å². The van der Waals surface area contributed by atoms with Crippen LogP contribution in [0.2, 0.25) is 0 Å². The van der Waals surface area contributed by atoms with Crippen molar-refractivity contribution in [3.8, 4) is 0 Å². The number of hydrogen-bond donors (Lipinski definition) is 1. The lowest BCUT2D eigenvalue weighted by atomic mass is 10.2. The maximum absolute atomic E-state index is 9.83. The van der Waals surface area contributed by atoms with Crippen LogP contribution in [0.5, 0.6) is 0 Å². The Morgan fingerprint density at radius 3 is 1.03 bits per heavy atom. The van der Waals surface area contributed by atoms with E-state index in [1.807, 2.05) is 0 Å². The van der Waals surface area contributed by atoms with Crippen molar-refractivity contribution in [2.24, 2.45) is 0 Å². The zero-order chi connectivity index (χ0) is 24.1. The molecule has 0 aliphatic rings. The van der Waals surface area contributed by atoms with Gasteiger partial charge in [-0.15, -0.1) is 0 Å². The quantitative estimate of drug-likeness (QED) is 0.163. The molecule has 1 atom stereocenters. The maximum Gasteiger partial charge on any atom is 0.101 e. The standard InChI is InChI=1S/C25H52O8/c1-3-5-7-9-11-27-13-15-29-17-18-31-20-22-33-24-25(26)23-32-21-19-30-16-14-28-12-10-8-6-4-2/h25-26H,3-24H2,1-2H3/t25-/m0/s1. The SMILES string of the molecule is CCCCCCOCCOCCOCCOC[C@@H](O)COCCOCCOCCCCCC. The first kappa shape index (κ1) is 32.7. The fourth-order valence-electron chi connectivity index (χ4n) is 2.85. The van der Waals surface area contributed by atoms with Crippen molar-refractivity contribution in [3.63, 3.8) is 0 Å². The van der Waals surface area contributed by atoms with E-state index in [4.69, 9.17) is 33.2 Å². The van der Waals surface area contributed by atoms with Gasteiger partial charge in [-0.3, -0.25) is 0 Å². The Morgan fingerprint density at radius 1 is 0.394 bits per heavy atom. The van der Waals surface area contributed by atoms with E-state index in [2.05, 4.69) is 13.8 Å². The highest BCUT2D eigenvalue weighted by Gasteiger charge is 2.04. The molecule has 0 unspecified atom stereocenters. The van der Waals surface area contributed by atoms with Gasteiger partial charge in [-0.2, -0.15) is 0 Å². The lowest BCUT2D eigenvalue weighted by Gasteiger charge is -2.12. The van der Waals surface area contributed by atoms with Gasteiger partial charge < -0.3 is 38.3 Å². The molecule has 0 aliphatic carbocycles. The van der Waals surface area contributed by atoms with Gasteiger partial charge in [0.2, 0.25) is 0 Å². The van der Waals surface area contributed by atoms with E-state index in [0.29, 0.717) is 66.1 Å². The normalized spacial score (nSPS) is 12.5. The molecule has 1 N–H and O–H groups in total. The third-order valence-electron chi connectivity index (χ3n) is 4.76. The van der Waals surface area contributed by atoms with Gasteiger partial charge in [0.15, 0.2) is 0 Å². The summed E-state index contributed by atoms with van der Waals surface area (Å²) in [5.41, 5.74) is 0. The number of ether oxygens (including phenoxy) is 7. The van der Waals surface area contributed by atoms with Crippen LogP contribution in [0.4, 0.5) is 0 Å². The third-order valence-corrected chi connectivity index (χ3v) is 4.76. The van der Waals surface area contributed by atoms with Crippen LogP contribution in [0, 0.1) is 0 Å². The van der Waals surface area contributed by atoms with E-state index >= 15 is 0 Å². The highest BCUT2D eigenvalue weighted by molar-refractivity contribution is 4.51. The van der Waals surface area contributed by atoms with E-state index in [0.717, 1.165) is 26.1 Å². The van der Waals surface area contributed by atoms with Crippen molar-refractivity contribution in [1.82, 2.24) is 0 Å². The Labute approximate surface area is 202 Å². The molecule has 0 aromatic heterocycles. The zero-order valence-corrected chi connectivity index (χ0v) is 21.4. The highest BCUT2D eigenvalue weighted by atomic mass is 16.6. The van der Waals surface area contributed by atoms with Gasteiger partial charge in [0.05, 0.1) is 79.3 Å². The topological polar surface area (TPSA) is 84.8 Å². The van der Waals surface area contributed by atoms with Crippen LogP contribution in [0.1, 0.15) is 65.2 Å². The molecule has 0 heterocycles. The average molecular weight is 481 g/mol. The summed E-state index contributed by atoms with van der Waals surface area (Å²) < 4.78 is 38.1. The molecule has 0 rings (SSSR count). The first-order valence-corrected chi connectivity index (χ1v) is 13.0. The van der Waals surface area contributed by atoms with Gasteiger partial charge >= 0.3 is 0 Å². The molecule has 0 fully saturated rings. The van der Waals surface area contributed by atoms with Gasteiger partial charge in [-0.25, -0.2) is 0 Å². The Hall–Kier alpha value is -0.320. The second-order valence-corrected chi connectivity index (χ2v) is 7.99. The van der Waals surface area contributed by atoms with E-state index < -0.39 is 6.10 Å². The van der Waals surface area contributed by atoms with Gasteiger partial charge in [0, 0.05) is 13.2 Å². The van der Waals surface area contributed by atoms with Crippen LogP contribution in [-0.2, 0) is 33.2 Å². The predicted molar refractivity (Wildman–Crippen MR) is 130 cm³/mol. The van der Waals surface area contributed by atoms with E-state index in [9.17, 15) is 5.11 Å². The van der Waals surface area contributed by atoms with Crippen molar-refractivity contribution >= 4 is 0 Å². The number of unbranched alkanes of at least 4 members (excludes halogenated alkanes) is 6. The summed E-state index contributed by atoms with van der Waals surface area (Å²) in [6.45, 7) is 11.8. The molecule has 8 heteroatoms. The molecule has 33 heavy (non-hydrogen) atoms. The monoisotopic (exact) mass is 480 g/mol. The molecule has 0 aromatic carbocycles. The van der Waals surface area contributed by atoms with Crippen LogP contribution < -0.4 is 0 Å². The molecule has 0 aliphatic heterocycles. The third kappa shape index (κ3) is 29.6. The van der Waals surface area contributed by atoms with E-state index in [1.54, 1.807) is 0 Å². The Morgan fingerprint density at radius 2 is 0.697 bits per heavy atom. The summed E-state index contributed by atoms with van der Waals surface area (Å²) in [7, 11) is 0. The molecule has 0 saturated heterocycles. The Balaban J connectivity index is 3.13. The lowest BCUT2D eigenvalue weighted by molar-refractivity contribution is -0.0479. The molecule has 0 bridgehead atoms. The van der Waals surface area contributed by atoms with Gasteiger partial charge in [0.25, 0.3) is 0 Å². The van der Waals surface area contributed by atoms with Crippen molar-refractivity contribution in [3.05, 3.63) is 0 Å². The first-order chi connectivity index (χ1) is 16.3. The average Bonchev–Trinajstić information content (AvgIpc) is 2.82. The summed E-state index contributed by atoms with van der Waals surface area (Å²) in [5, 5.41) is 9.83. The van der Waals surface area contributed by atoms with E-state index in [-0.39, 0.29) is 13.2 Å². The smallest absolute Gasteiger partial charge is 0.101 e. The second kappa shape index (κ2) is 29.7. The van der Waals surface area contributed by atoms with Crippen LogP contribution in [0.3, 0.4) is 0 Å².